The highest BCUT2D eigenvalue weighted by molar-refractivity contribution is 7.16. The zero-order valence-electron chi connectivity index (χ0n) is 11.5. The molecule has 3 aromatic rings. The summed E-state index contributed by atoms with van der Waals surface area (Å²) in [5, 5.41) is 0.941. The lowest BCUT2D eigenvalue weighted by Crippen LogP contribution is -2.29. The van der Waals surface area contributed by atoms with Gasteiger partial charge in [0, 0.05) is 16.8 Å². The summed E-state index contributed by atoms with van der Waals surface area (Å²) in [6, 6.07) is 13.2. The van der Waals surface area contributed by atoms with Gasteiger partial charge in [-0.2, -0.15) is 0 Å². The maximum Gasteiger partial charge on any atom is 0.289 e. The van der Waals surface area contributed by atoms with Gasteiger partial charge in [-0.05, 0) is 31.2 Å². The number of carbonyl (C=O) groups is 1. The predicted molar refractivity (Wildman–Crippen MR) is 86.0 cm³/mol. The van der Waals surface area contributed by atoms with Gasteiger partial charge in [0.15, 0.2) is 5.76 Å². The first-order chi connectivity index (χ1) is 10.2. The van der Waals surface area contributed by atoms with Crippen molar-refractivity contribution in [3.8, 4) is 0 Å². The molecule has 0 atom stereocenters. The summed E-state index contributed by atoms with van der Waals surface area (Å²) in [6.07, 6.45) is 0. The smallest absolute Gasteiger partial charge is 0.289 e. The molecular formula is C16H14ClNO2S. The Labute approximate surface area is 131 Å². The third kappa shape index (κ3) is 2.96. The quantitative estimate of drug-likeness (QED) is 0.691. The van der Waals surface area contributed by atoms with E-state index in [1.807, 2.05) is 43.3 Å². The minimum absolute atomic E-state index is 0.0989. The number of hydrogen-bond acceptors (Lipinski definition) is 3. The van der Waals surface area contributed by atoms with Crippen LogP contribution in [0.2, 0.25) is 4.34 Å². The zero-order valence-corrected chi connectivity index (χ0v) is 13.1. The van der Waals surface area contributed by atoms with Gasteiger partial charge < -0.3 is 9.32 Å². The molecule has 5 heteroatoms. The van der Waals surface area contributed by atoms with Crippen LogP contribution in [0.15, 0.2) is 46.9 Å². The molecule has 0 radical (unpaired) electrons. The molecule has 21 heavy (non-hydrogen) atoms. The Balaban J connectivity index is 1.84. The summed E-state index contributed by atoms with van der Waals surface area (Å²) in [5.74, 6) is 0.277. The molecule has 2 heterocycles. The topological polar surface area (TPSA) is 33.5 Å². The highest BCUT2D eigenvalue weighted by Crippen LogP contribution is 2.24. The van der Waals surface area contributed by atoms with E-state index >= 15 is 0 Å². The SMILES string of the molecule is CCN(Cc1ccc(Cl)s1)C(=O)c1cc2ccccc2o1. The number of fused-ring (bicyclic) bond motifs is 1. The first-order valence-corrected chi connectivity index (χ1v) is 7.89. The molecule has 3 nitrogen and oxygen atoms in total. The van der Waals surface area contributed by atoms with Crippen LogP contribution in [0.3, 0.4) is 0 Å². The van der Waals surface area contributed by atoms with Crippen LogP contribution in [0.4, 0.5) is 0 Å². The Hall–Kier alpha value is -1.78. The van der Waals surface area contributed by atoms with Crippen LogP contribution in [0.1, 0.15) is 22.4 Å². The Bertz CT molecular complexity index is 744. The number of carbonyl (C=O) groups excluding carboxylic acids is 1. The predicted octanol–water partition coefficient (Wildman–Crippen LogP) is 4.81. The van der Waals surface area contributed by atoms with Crippen molar-refractivity contribution in [3.63, 3.8) is 0 Å². The second-order valence-electron chi connectivity index (χ2n) is 4.67. The van der Waals surface area contributed by atoms with Crippen LogP contribution >= 0.6 is 22.9 Å². The molecule has 3 rings (SSSR count). The molecule has 0 saturated carbocycles. The van der Waals surface area contributed by atoms with E-state index in [0.29, 0.717) is 18.8 Å². The van der Waals surface area contributed by atoms with Gasteiger partial charge >= 0.3 is 0 Å². The number of rotatable bonds is 4. The number of benzene rings is 1. The van der Waals surface area contributed by atoms with Crippen molar-refractivity contribution in [2.75, 3.05) is 6.54 Å². The number of thiophene rings is 1. The molecule has 0 aliphatic carbocycles. The average Bonchev–Trinajstić information content (AvgIpc) is 3.09. The van der Waals surface area contributed by atoms with Crippen LogP contribution < -0.4 is 0 Å². The van der Waals surface area contributed by atoms with E-state index in [1.165, 1.54) is 11.3 Å². The standard InChI is InChI=1S/C16H14ClNO2S/c1-2-18(10-12-7-8-15(17)21-12)16(19)14-9-11-5-3-4-6-13(11)20-14/h3-9H,2,10H2,1H3. The summed E-state index contributed by atoms with van der Waals surface area (Å²) in [7, 11) is 0. The molecule has 0 aliphatic heterocycles. The molecule has 0 bridgehead atoms. The monoisotopic (exact) mass is 319 g/mol. The van der Waals surface area contributed by atoms with Crippen LogP contribution in [-0.4, -0.2) is 17.4 Å². The molecule has 2 aromatic heterocycles. The van der Waals surface area contributed by atoms with Gasteiger partial charge in [-0.3, -0.25) is 4.79 Å². The Morgan fingerprint density at radius 3 is 2.76 bits per heavy atom. The number of para-hydroxylation sites is 1. The molecule has 0 saturated heterocycles. The van der Waals surface area contributed by atoms with Crippen molar-refractivity contribution in [2.45, 2.75) is 13.5 Å². The fourth-order valence-electron chi connectivity index (χ4n) is 2.20. The maximum atomic E-state index is 12.6. The summed E-state index contributed by atoms with van der Waals surface area (Å²) in [6.45, 7) is 3.12. The van der Waals surface area contributed by atoms with Crippen molar-refractivity contribution >= 4 is 39.8 Å². The van der Waals surface area contributed by atoms with Gasteiger partial charge in [0.05, 0.1) is 10.9 Å². The van der Waals surface area contributed by atoms with Gasteiger partial charge in [-0.15, -0.1) is 11.3 Å². The number of hydrogen-bond donors (Lipinski definition) is 0. The highest BCUT2D eigenvalue weighted by atomic mass is 35.5. The normalized spacial score (nSPS) is 11.0. The van der Waals surface area contributed by atoms with Crippen LogP contribution in [0.25, 0.3) is 11.0 Å². The third-order valence-corrected chi connectivity index (χ3v) is 4.50. The summed E-state index contributed by atoms with van der Waals surface area (Å²) in [4.78, 5) is 15.4. The van der Waals surface area contributed by atoms with Gasteiger partial charge in [-0.1, -0.05) is 29.8 Å². The third-order valence-electron chi connectivity index (χ3n) is 3.28. The molecule has 1 aromatic carbocycles. The van der Waals surface area contributed by atoms with Gasteiger partial charge in [0.2, 0.25) is 0 Å². The average molecular weight is 320 g/mol. The summed E-state index contributed by atoms with van der Waals surface area (Å²) >= 11 is 7.42. The molecule has 108 valence electrons. The second-order valence-corrected chi connectivity index (χ2v) is 6.47. The zero-order chi connectivity index (χ0) is 14.8. The lowest BCUT2D eigenvalue weighted by atomic mass is 10.2. The van der Waals surface area contributed by atoms with Crippen molar-refractivity contribution in [1.82, 2.24) is 4.90 Å². The van der Waals surface area contributed by atoms with E-state index in [2.05, 4.69) is 0 Å². The van der Waals surface area contributed by atoms with Crippen molar-refractivity contribution in [1.29, 1.82) is 0 Å². The van der Waals surface area contributed by atoms with Crippen LogP contribution in [0, 0.1) is 0 Å². The fourth-order valence-corrected chi connectivity index (χ4v) is 3.30. The van der Waals surface area contributed by atoms with E-state index in [1.54, 1.807) is 11.0 Å². The fraction of sp³-hybridized carbons (Fsp3) is 0.188. The lowest BCUT2D eigenvalue weighted by molar-refractivity contribution is 0.0724. The second kappa shape index (κ2) is 5.92. The maximum absolute atomic E-state index is 12.6. The summed E-state index contributed by atoms with van der Waals surface area (Å²) in [5.41, 5.74) is 0.732. The first kappa shape index (κ1) is 14.2. The molecule has 0 aliphatic rings. The largest absolute Gasteiger partial charge is 0.451 e. The van der Waals surface area contributed by atoms with Crippen molar-refractivity contribution in [2.24, 2.45) is 0 Å². The van der Waals surface area contributed by atoms with E-state index < -0.39 is 0 Å². The molecule has 0 fully saturated rings. The van der Waals surface area contributed by atoms with Gasteiger partial charge in [0.1, 0.15) is 5.58 Å². The van der Waals surface area contributed by atoms with Crippen molar-refractivity contribution in [3.05, 3.63) is 57.4 Å². The van der Waals surface area contributed by atoms with Crippen LogP contribution in [-0.2, 0) is 6.54 Å². The molecule has 0 unspecified atom stereocenters. The summed E-state index contributed by atoms with van der Waals surface area (Å²) < 4.78 is 6.38. The number of amides is 1. The minimum Gasteiger partial charge on any atom is -0.451 e. The van der Waals surface area contributed by atoms with E-state index in [9.17, 15) is 4.79 Å². The van der Waals surface area contributed by atoms with Gasteiger partial charge in [0.25, 0.3) is 5.91 Å². The number of halogens is 1. The van der Waals surface area contributed by atoms with E-state index in [0.717, 1.165) is 20.2 Å². The first-order valence-electron chi connectivity index (χ1n) is 6.69. The highest BCUT2D eigenvalue weighted by Gasteiger charge is 2.19. The van der Waals surface area contributed by atoms with Gasteiger partial charge in [-0.25, -0.2) is 0 Å². The molecule has 0 spiro atoms. The Morgan fingerprint density at radius 2 is 2.10 bits per heavy atom. The minimum atomic E-state index is -0.0989. The molecule has 1 amide bonds. The molecule has 0 N–H and O–H groups in total. The Kier molecular flexibility index (Phi) is 3.99. The van der Waals surface area contributed by atoms with Crippen molar-refractivity contribution < 1.29 is 9.21 Å². The molecular weight excluding hydrogens is 306 g/mol. The van der Waals surface area contributed by atoms with E-state index in [4.69, 9.17) is 16.0 Å². The van der Waals surface area contributed by atoms with Crippen LogP contribution in [0.5, 0.6) is 0 Å². The number of nitrogens with zero attached hydrogens (tertiary/aromatic N) is 1. The Morgan fingerprint density at radius 1 is 1.29 bits per heavy atom. The number of furan rings is 1. The van der Waals surface area contributed by atoms with E-state index in [-0.39, 0.29) is 5.91 Å². The lowest BCUT2D eigenvalue weighted by Gasteiger charge is -2.18.